The Hall–Kier alpha value is -1.62. The fourth-order valence-corrected chi connectivity index (χ4v) is 1.63. The average Bonchev–Trinajstić information content (AvgIpc) is 2.38. The smallest absolute Gasteiger partial charge is 0.338 e. The van der Waals surface area contributed by atoms with Gasteiger partial charge in [0, 0.05) is 18.3 Å². The zero-order chi connectivity index (χ0) is 13.6. The lowest BCUT2D eigenvalue weighted by molar-refractivity contribution is 0.0600. The molecule has 2 N–H and O–H groups in total. The molecule has 1 rings (SSSR count). The maximum atomic E-state index is 11.4. The molecule has 1 unspecified atom stereocenters. The maximum absolute atomic E-state index is 11.4. The van der Waals surface area contributed by atoms with Gasteiger partial charge in [-0.3, -0.25) is 0 Å². The standard InChI is InChI=1S/C13H20N2O3/c1-4-13(2,6-8-16)15-11-9-10(5-7-14-11)12(17)18-3/h5,7,9,16H,4,6,8H2,1-3H3,(H,14,15). The molecule has 100 valence electrons. The highest BCUT2D eigenvalue weighted by Gasteiger charge is 2.21. The zero-order valence-corrected chi connectivity index (χ0v) is 11.1. The molecule has 0 bridgehead atoms. The van der Waals surface area contributed by atoms with Crippen molar-refractivity contribution >= 4 is 11.8 Å². The van der Waals surface area contributed by atoms with E-state index in [2.05, 4.69) is 15.0 Å². The second-order valence-electron chi connectivity index (χ2n) is 4.43. The lowest BCUT2D eigenvalue weighted by Gasteiger charge is -2.29. The number of carbonyl (C=O) groups is 1. The predicted octanol–water partition coefficient (Wildman–Crippen LogP) is 1.83. The van der Waals surface area contributed by atoms with Gasteiger partial charge in [-0.25, -0.2) is 9.78 Å². The van der Waals surface area contributed by atoms with Gasteiger partial charge in [-0.2, -0.15) is 0 Å². The van der Waals surface area contributed by atoms with Crippen LogP contribution in [0.5, 0.6) is 0 Å². The van der Waals surface area contributed by atoms with Crippen LogP contribution in [0.1, 0.15) is 37.0 Å². The molecular formula is C13H20N2O3. The van der Waals surface area contributed by atoms with Gasteiger partial charge in [0.05, 0.1) is 12.7 Å². The number of esters is 1. The summed E-state index contributed by atoms with van der Waals surface area (Å²) in [6, 6.07) is 3.25. The van der Waals surface area contributed by atoms with Crippen LogP contribution in [0.4, 0.5) is 5.82 Å². The van der Waals surface area contributed by atoms with Gasteiger partial charge in [-0.1, -0.05) is 6.92 Å². The van der Waals surface area contributed by atoms with Gasteiger partial charge in [0.15, 0.2) is 0 Å². The van der Waals surface area contributed by atoms with E-state index in [0.29, 0.717) is 17.8 Å². The molecule has 0 fully saturated rings. The molecule has 1 atom stereocenters. The van der Waals surface area contributed by atoms with Gasteiger partial charge in [0.1, 0.15) is 5.82 Å². The zero-order valence-electron chi connectivity index (χ0n) is 11.1. The molecule has 18 heavy (non-hydrogen) atoms. The SMILES string of the molecule is CCC(C)(CCO)Nc1cc(C(=O)OC)ccn1. The predicted molar refractivity (Wildman–Crippen MR) is 69.6 cm³/mol. The van der Waals surface area contributed by atoms with Crippen molar-refractivity contribution in [3.63, 3.8) is 0 Å². The molecule has 0 amide bonds. The second-order valence-corrected chi connectivity index (χ2v) is 4.43. The highest BCUT2D eigenvalue weighted by Crippen LogP contribution is 2.20. The first-order valence-electron chi connectivity index (χ1n) is 5.98. The van der Waals surface area contributed by atoms with E-state index in [4.69, 9.17) is 5.11 Å². The van der Waals surface area contributed by atoms with Gasteiger partial charge in [0.25, 0.3) is 0 Å². The first-order valence-corrected chi connectivity index (χ1v) is 5.98. The first-order chi connectivity index (χ1) is 8.54. The van der Waals surface area contributed by atoms with Crippen LogP contribution < -0.4 is 5.32 Å². The van der Waals surface area contributed by atoms with E-state index >= 15 is 0 Å². The van der Waals surface area contributed by atoms with E-state index in [-0.39, 0.29) is 18.1 Å². The van der Waals surface area contributed by atoms with Crippen molar-refractivity contribution < 1.29 is 14.6 Å². The Morgan fingerprint density at radius 3 is 2.89 bits per heavy atom. The van der Waals surface area contributed by atoms with Crippen molar-refractivity contribution in [3.8, 4) is 0 Å². The Morgan fingerprint density at radius 2 is 2.33 bits per heavy atom. The second kappa shape index (κ2) is 6.35. The normalized spacial score (nSPS) is 13.8. The number of nitrogens with one attached hydrogen (secondary N) is 1. The lowest BCUT2D eigenvalue weighted by atomic mass is 9.95. The Morgan fingerprint density at radius 1 is 1.61 bits per heavy atom. The fraction of sp³-hybridized carbons (Fsp3) is 0.538. The van der Waals surface area contributed by atoms with Gasteiger partial charge in [-0.05, 0) is 31.9 Å². The van der Waals surface area contributed by atoms with Gasteiger partial charge in [-0.15, -0.1) is 0 Å². The van der Waals surface area contributed by atoms with Crippen molar-refractivity contribution in [3.05, 3.63) is 23.9 Å². The summed E-state index contributed by atoms with van der Waals surface area (Å²) < 4.78 is 4.66. The van der Waals surface area contributed by atoms with Crippen molar-refractivity contribution in [2.45, 2.75) is 32.2 Å². The number of aliphatic hydroxyl groups excluding tert-OH is 1. The number of anilines is 1. The minimum Gasteiger partial charge on any atom is -0.465 e. The molecule has 1 aromatic heterocycles. The Kier molecular flexibility index (Phi) is 5.09. The molecule has 1 heterocycles. The molecule has 1 aromatic rings. The van der Waals surface area contributed by atoms with Crippen LogP contribution >= 0.6 is 0 Å². The summed E-state index contributed by atoms with van der Waals surface area (Å²) in [6.07, 6.45) is 3.02. The maximum Gasteiger partial charge on any atom is 0.338 e. The minimum atomic E-state index is -0.388. The molecule has 0 aliphatic rings. The number of methoxy groups -OCH3 is 1. The molecule has 5 heteroatoms. The Balaban J connectivity index is 2.87. The summed E-state index contributed by atoms with van der Waals surface area (Å²) in [7, 11) is 1.35. The van der Waals surface area contributed by atoms with Crippen molar-refractivity contribution in [2.75, 3.05) is 19.0 Å². The monoisotopic (exact) mass is 252 g/mol. The first kappa shape index (κ1) is 14.4. The molecular weight excluding hydrogens is 232 g/mol. The van der Waals surface area contributed by atoms with E-state index < -0.39 is 0 Å². The molecule has 0 aliphatic carbocycles. The summed E-state index contributed by atoms with van der Waals surface area (Å²) in [6.45, 7) is 4.15. The van der Waals surface area contributed by atoms with E-state index in [1.165, 1.54) is 7.11 Å². The molecule has 0 aromatic carbocycles. The Bertz CT molecular complexity index is 409. The summed E-state index contributed by atoms with van der Waals surface area (Å²) in [4.78, 5) is 15.6. The average molecular weight is 252 g/mol. The third-order valence-corrected chi connectivity index (χ3v) is 3.05. The number of hydrogen-bond donors (Lipinski definition) is 2. The minimum absolute atomic E-state index is 0.105. The Labute approximate surface area is 107 Å². The van der Waals surface area contributed by atoms with Crippen LogP contribution in [0, 0.1) is 0 Å². The highest BCUT2D eigenvalue weighted by atomic mass is 16.5. The number of pyridine rings is 1. The number of carbonyl (C=O) groups excluding carboxylic acids is 1. The molecule has 0 saturated carbocycles. The van der Waals surface area contributed by atoms with Crippen molar-refractivity contribution in [1.29, 1.82) is 0 Å². The summed E-state index contributed by atoms with van der Waals surface area (Å²) in [5, 5.41) is 12.3. The quantitative estimate of drug-likeness (QED) is 0.756. The van der Waals surface area contributed by atoms with Gasteiger partial charge < -0.3 is 15.2 Å². The van der Waals surface area contributed by atoms with E-state index in [1.807, 2.05) is 13.8 Å². The van der Waals surface area contributed by atoms with Crippen molar-refractivity contribution in [1.82, 2.24) is 4.98 Å². The van der Waals surface area contributed by atoms with E-state index in [9.17, 15) is 4.79 Å². The largest absolute Gasteiger partial charge is 0.465 e. The van der Waals surface area contributed by atoms with Crippen LogP contribution in [0.2, 0.25) is 0 Å². The molecule has 0 saturated heterocycles. The lowest BCUT2D eigenvalue weighted by Crippen LogP contribution is -2.35. The molecule has 0 aliphatic heterocycles. The third kappa shape index (κ3) is 3.70. The van der Waals surface area contributed by atoms with Crippen molar-refractivity contribution in [2.24, 2.45) is 0 Å². The fourth-order valence-electron chi connectivity index (χ4n) is 1.63. The molecule has 0 spiro atoms. The topological polar surface area (TPSA) is 71.5 Å². The molecule has 5 nitrogen and oxygen atoms in total. The van der Waals surface area contributed by atoms with E-state index in [0.717, 1.165) is 6.42 Å². The number of aromatic nitrogens is 1. The van der Waals surface area contributed by atoms with Crippen LogP contribution in [0.25, 0.3) is 0 Å². The molecule has 0 radical (unpaired) electrons. The number of rotatable bonds is 6. The summed E-state index contributed by atoms with van der Waals surface area (Å²) >= 11 is 0. The van der Waals surface area contributed by atoms with Gasteiger partial charge in [0.2, 0.25) is 0 Å². The van der Waals surface area contributed by atoms with Gasteiger partial charge >= 0.3 is 5.97 Å². The summed E-state index contributed by atoms with van der Waals surface area (Å²) in [5.74, 6) is 0.219. The van der Waals surface area contributed by atoms with Crippen LogP contribution in [0.15, 0.2) is 18.3 Å². The third-order valence-electron chi connectivity index (χ3n) is 3.05. The number of nitrogens with zero attached hydrogens (tertiary/aromatic N) is 1. The number of ether oxygens (including phenoxy) is 1. The summed E-state index contributed by atoms with van der Waals surface area (Å²) in [5.41, 5.74) is 0.216. The number of hydrogen-bond acceptors (Lipinski definition) is 5. The van der Waals surface area contributed by atoms with Crippen LogP contribution in [-0.2, 0) is 4.74 Å². The number of aliphatic hydroxyl groups is 1. The van der Waals surface area contributed by atoms with Crippen LogP contribution in [-0.4, -0.2) is 35.3 Å². The van der Waals surface area contributed by atoms with Crippen LogP contribution in [0.3, 0.4) is 0 Å². The highest BCUT2D eigenvalue weighted by molar-refractivity contribution is 5.90. The van der Waals surface area contributed by atoms with E-state index in [1.54, 1.807) is 18.3 Å².